The van der Waals surface area contributed by atoms with Crippen LogP contribution in [-0.2, 0) is 28.6 Å². The molecule has 6 nitrogen and oxygen atoms in total. The van der Waals surface area contributed by atoms with Crippen LogP contribution in [0.2, 0.25) is 0 Å². The number of allylic oxidation sites excluding steroid dienone is 4. The lowest BCUT2D eigenvalue weighted by atomic mass is 10.0. The summed E-state index contributed by atoms with van der Waals surface area (Å²) in [6, 6.07) is 0. The van der Waals surface area contributed by atoms with E-state index in [4.69, 9.17) is 14.2 Å². The first-order valence-electron chi connectivity index (χ1n) is 23.8. The highest BCUT2D eigenvalue weighted by molar-refractivity contribution is 5.71. The quantitative estimate of drug-likeness (QED) is 0.0266. The summed E-state index contributed by atoms with van der Waals surface area (Å²) >= 11 is 0. The molecule has 1 unspecified atom stereocenters. The second-order valence-electron chi connectivity index (χ2n) is 16.0. The number of carbonyl (C=O) groups excluding carboxylic acids is 3. The zero-order valence-corrected chi connectivity index (χ0v) is 36.7. The van der Waals surface area contributed by atoms with Crippen LogP contribution in [0.15, 0.2) is 24.3 Å². The molecule has 1 atom stereocenters. The van der Waals surface area contributed by atoms with Crippen LogP contribution in [0.3, 0.4) is 0 Å². The predicted molar refractivity (Wildman–Crippen MR) is 233 cm³/mol. The van der Waals surface area contributed by atoms with Gasteiger partial charge < -0.3 is 14.2 Å². The first kappa shape index (κ1) is 52.9. The fraction of sp³-hybridized carbons (Fsp3) is 0.857. The molecule has 0 aliphatic carbocycles. The Labute approximate surface area is 341 Å². The monoisotopic (exact) mass is 775 g/mol. The van der Waals surface area contributed by atoms with Crippen molar-refractivity contribution in [3.63, 3.8) is 0 Å². The molecule has 6 heteroatoms. The number of unbranched alkanes of at least 4 members (excludes halogenated alkanes) is 28. The molecule has 0 aromatic carbocycles. The summed E-state index contributed by atoms with van der Waals surface area (Å²) in [6.45, 7) is 6.54. The maximum atomic E-state index is 12.7. The average molecular weight is 775 g/mol. The maximum Gasteiger partial charge on any atom is 0.306 e. The van der Waals surface area contributed by atoms with Crippen molar-refractivity contribution in [2.24, 2.45) is 0 Å². The molecule has 0 spiro atoms. The molecule has 0 bridgehead atoms. The van der Waals surface area contributed by atoms with Gasteiger partial charge in [-0.15, -0.1) is 0 Å². The van der Waals surface area contributed by atoms with Gasteiger partial charge in [0, 0.05) is 19.3 Å². The molecule has 0 aromatic heterocycles. The van der Waals surface area contributed by atoms with Crippen molar-refractivity contribution >= 4 is 17.9 Å². The molecule has 0 rings (SSSR count). The van der Waals surface area contributed by atoms with E-state index in [1.807, 2.05) is 0 Å². The van der Waals surface area contributed by atoms with Gasteiger partial charge in [-0.25, -0.2) is 0 Å². The molecule has 0 heterocycles. The molecule has 0 aliphatic rings. The van der Waals surface area contributed by atoms with E-state index in [0.717, 1.165) is 70.6 Å². The van der Waals surface area contributed by atoms with Crippen LogP contribution in [0.25, 0.3) is 0 Å². The van der Waals surface area contributed by atoms with Gasteiger partial charge in [0.05, 0.1) is 0 Å². The van der Waals surface area contributed by atoms with E-state index in [9.17, 15) is 14.4 Å². The highest BCUT2D eigenvalue weighted by Gasteiger charge is 2.19. The van der Waals surface area contributed by atoms with Gasteiger partial charge >= 0.3 is 17.9 Å². The number of esters is 3. The minimum atomic E-state index is -0.779. The molecule has 0 aromatic rings. The van der Waals surface area contributed by atoms with Crippen LogP contribution < -0.4 is 0 Å². The molecule has 322 valence electrons. The lowest BCUT2D eigenvalue weighted by molar-refractivity contribution is -0.167. The maximum absolute atomic E-state index is 12.7. The summed E-state index contributed by atoms with van der Waals surface area (Å²) < 4.78 is 16.7. The first-order chi connectivity index (χ1) is 27.0. The zero-order chi connectivity index (χ0) is 40.1. The van der Waals surface area contributed by atoms with Crippen LogP contribution in [0, 0.1) is 0 Å². The molecule has 0 radical (unpaired) electrons. The van der Waals surface area contributed by atoms with Gasteiger partial charge in [0.25, 0.3) is 0 Å². The Morgan fingerprint density at radius 1 is 0.345 bits per heavy atom. The number of carbonyl (C=O) groups is 3. The lowest BCUT2D eigenvalue weighted by Gasteiger charge is -2.18. The Morgan fingerprint density at radius 3 is 1.05 bits per heavy atom. The Morgan fingerprint density at radius 2 is 0.636 bits per heavy atom. The third-order valence-corrected chi connectivity index (χ3v) is 10.4. The van der Waals surface area contributed by atoms with Crippen LogP contribution in [0.1, 0.15) is 252 Å². The van der Waals surface area contributed by atoms with Crippen molar-refractivity contribution in [1.82, 2.24) is 0 Å². The number of ether oxygens (including phenoxy) is 3. The topological polar surface area (TPSA) is 78.9 Å². The third kappa shape index (κ3) is 42.9. The van der Waals surface area contributed by atoms with E-state index < -0.39 is 6.10 Å². The smallest absolute Gasteiger partial charge is 0.306 e. The van der Waals surface area contributed by atoms with Crippen molar-refractivity contribution in [2.45, 2.75) is 258 Å². The second-order valence-corrected chi connectivity index (χ2v) is 16.0. The van der Waals surface area contributed by atoms with Crippen LogP contribution in [0.4, 0.5) is 0 Å². The SMILES string of the molecule is CCCC/C=C\CCCCCCCC(=O)OC(COC(=O)CCC/C=C\CCCCCC)COC(=O)CCCCCCCCCCCCCCCCCCC. The summed E-state index contributed by atoms with van der Waals surface area (Å²) in [5.41, 5.74) is 0. The van der Waals surface area contributed by atoms with E-state index in [-0.39, 0.29) is 31.1 Å². The first-order valence-corrected chi connectivity index (χ1v) is 23.8. The van der Waals surface area contributed by atoms with Gasteiger partial charge in [-0.3, -0.25) is 14.4 Å². The van der Waals surface area contributed by atoms with Gasteiger partial charge in [0.2, 0.25) is 0 Å². The van der Waals surface area contributed by atoms with Crippen molar-refractivity contribution in [3.05, 3.63) is 24.3 Å². The second kappa shape index (κ2) is 44.6. The number of hydrogen-bond acceptors (Lipinski definition) is 6. The Bertz CT molecular complexity index is 896. The van der Waals surface area contributed by atoms with Crippen molar-refractivity contribution in [2.75, 3.05) is 13.2 Å². The molecule has 0 amide bonds. The van der Waals surface area contributed by atoms with E-state index in [0.29, 0.717) is 19.3 Å². The van der Waals surface area contributed by atoms with Crippen molar-refractivity contribution in [3.8, 4) is 0 Å². The summed E-state index contributed by atoms with van der Waals surface area (Å²) in [5, 5.41) is 0. The fourth-order valence-electron chi connectivity index (χ4n) is 6.78. The van der Waals surface area contributed by atoms with Crippen LogP contribution in [0.5, 0.6) is 0 Å². The summed E-state index contributed by atoms with van der Waals surface area (Å²) in [4.78, 5) is 37.7. The lowest BCUT2D eigenvalue weighted by Crippen LogP contribution is -2.30. The van der Waals surface area contributed by atoms with E-state index in [2.05, 4.69) is 45.1 Å². The number of hydrogen-bond donors (Lipinski definition) is 0. The summed E-state index contributed by atoms with van der Waals surface area (Å²) in [6.07, 6.45) is 48.9. The summed E-state index contributed by atoms with van der Waals surface area (Å²) in [7, 11) is 0. The van der Waals surface area contributed by atoms with Crippen LogP contribution >= 0.6 is 0 Å². The predicted octanol–water partition coefficient (Wildman–Crippen LogP) is 15.2. The minimum absolute atomic E-state index is 0.0800. The molecule has 0 fully saturated rings. The van der Waals surface area contributed by atoms with Crippen molar-refractivity contribution in [1.29, 1.82) is 0 Å². The Hall–Kier alpha value is -2.11. The minimum Gasteiger partial charge on any atom is -0.462 e. The zero-order valence-electron chi connectivity index (χ0n) is 36.7. The normalized spacial score (nSPS) is 12.1. The van der Waals surface area contributed by atoms with Crippen LogP contribution in [-0.4, -0.2) is 37.2 Å². The molecule has 0 N–H and O–H groups in total. The highest BCUT2D eigenvalue weighted by Crippen LogP contribution is 2.15. The molecule has 0 aliphatic heterocycles. The highest BCUT2D eigenvalue weighted by atomic mass is 16.6. The Kier molecular flexibility index (Phi) is 42.9. The molecular weight excluding hydrogens is 685 g/mol. The fourth-order valence-corrected chi connectivity index (χ4v) is 6.78. The number of rotatable bonds is 43. The van der Waals surface area contributed by atoms with E-state index in [1.165, 1.54) is 141 Å². The Balaban J connectivity index is 4.29. The van der Waals surface area contributed by atoms with E-state index >= 15 is 0 Å². The largest absolute Gasteiger partial charge is 0.462 e. The average Bonchev–Trinajstić information content (AvgIpc) is 3.18. The van der Waals surface area contributed by atoms with Gasteiger partial charge in [-0.1, -0.05) is 199 Å². The van der Waals surface area contributed by atoms with E-state index in [1.54, 1.807) is 0 Å². The van der Waals surface area contributed by atoms with Gasteiger partial charge in [0.1, 0.15) is 13.2 Å². The standard InChI is InChI=1S/C49H90O6/c1-4-7-10-13-16-19-21-22-23-24-25-26-28-30-33-36-39-42-48(51)54-45-46(44-53-47(50)41-38-35-32-29-18-15-12-9-6-3)55-49(52)43-40-37-34-31-27-20-17-14-11-8-5-2/h14,17,29,32,46H,4-13,15-16,18-28,30-31,33-45H2,1-3H3/b17-14-,32-29-. The molecule has 0 saturated heterocycles. The van der Waals surface area contributed by atoms with Crippen molar-refractivity contribution < 1.29 is 28.6 Å². The molecular formula is C49H90O6. The molecule has 0 saturated carbocycles. The van der Waals surface area contributed by atoms with Gasteiger partial charge in [0.15, 0.2) is 6.10 Å². The summed E-state index contributed by atoms with van der Waals surface area (Å²) in [5.74, 6) is -0.921. The molecule has 55 heavy (non-hydrogen) atoms. The third-order valence-electron chi connectivity index (χ3n) is 10.4. The van der Waals surface area contributed by atoms with Gasteiger partial charge in [-0.05, 0) is 57.8 Å². The van der Waals surface area contributed by atoms with Gasteiger partial charge in [-0.2, -0.15) is 0 Å².